The van der Waals surface area contributed by atoms with Gasteiger partial charge in [-0.3, -0.25) is 0 Å². The maximum absolute atomic E-state index is 13.2. The van der Waals surface area contributed by atoms with E-state index < -0.39 is 20.3 Å². The minimum Gasteiger partial charge on any atom is -0.404 e. The Labute approximate surface area is 150 Å². The maximum atomic E-state index is 13.2. The van der Waals surface area contributed by atoms with Gasteiger partial charge < -0.3 is 23.7 Å². The van der Waals surface area contributed by atoms with Crippen molar-refractivity contribution in [2.24, 2.45) is 0 Å². The van der Waals surface area contributed by atoms with Gasteiger partial charge in [-0.1, -0.05) is 12.1 Å². The Bertz CT molecular complexity index is 741. The Kier molecular flexibility index (Phi) is 5.06. The van der Waals surface area contributed by atoms with Crippen LogP contribution in [-0.4, -0.2) is 38.7 Å². The third-order valence-electron chi connectivity index (χ3n) is 4.38. The fourth-order valence-corrected chi connectivity index (χ4v) is 3.09. The normalized spacial score (nSPS) is 15.7. The van der Waals surface area contributed by atoms with E-state index in [0.717, 1.165) is 22.1 Å². The van der Waals surface area contributed by atoms with E-state index in [1.54, 1.807) is 12.1 Å². The van der Waals surface area contributed by atoms with Gasteiger partial charge in [0.2, 0.25) is 0 Å². The summed E-state index contributed by atoms with van der Waals surface area (Å²) in [5, 5.41) is 10.1. The molecule has 0 unspecified atom stereocenters. The van der Waals surface area contributed by atoms with Gasteiger partial charge in [0.05, 0.1) is 32.5 Å². The first-order chi connectivity index (χ1) is 12.6. The van der Waals surface area contributed by atoms with Crippen LogP contribution in [0.4, 0.5) is 8.78 Å². The number of halogens is 2. The topological polar surface area (TPSA) is 57.2 Å². The van der Waals surface area contributed by atoms with Crippen molar-refractivity contribution in [1.29, 1.82) is 0 Å². The first-order valence-corrected chi connectivity index (χ1v) is 8.31. The van der Waals surface area contributed by atoms with Crippen LogP contribution in [0.15, 0.2) is 36.4 Å². The molecule has 0 saturated carbocycles. The van der Waals surface area contributed by atoms with Crippen LogP contribution in [0, 0.1) is 11.6 Å². The molecule has 2 aliphatic rings. The molecule has 0 amide bonds. The first kappa shape index (κ1) is 17.6. The molecule has 2 aromatic rings. The van der Waals surface area contributed by atoms with Gasteiger partial charge in [0, 0.05) is 0 Å². The fraction of sp³-hybridized carbons (Fsp3) is 0.294. The van der Waals surface area contributed by atoms with Gasteiger partial charge in [-0.2, -0.15) is 0 Å². The van der Waals surface area contributed by atoms with Crippen molar-refractivity contribution in [1.82, 2.24) is 0 Å². The molecular weight excluding hydrogens is 344 g/mol. The van der Waals surface area contributed by atoms with E-state index in [-0.39, 0.29) is 38.1 Å². The van der Waals surface area contributed by atoms with Crippen LogP contribution in [0.2, 0.25) is 0 Å². The van der Waals surface area contributed by atoms with Crippen molar-refractivity contribution < 1.29 is 32.5 Å². The van der Waals surface area contributed by atoms with E-state index in [0.29, 0.717) is 0 Å². The van der Waals surface area contributed by atoms with Gasteiger partial charge in [-0.15, -0.1) is 0 Å². The van der Waals surface area contributed by atoms with Crippen LogP contribution in [0.25, 0.3) is 0 Å². The second kappa shape index (κ2) is 7.46. The molecule has 0 radical (unpaired) electrons. The highest BCUT2D eigenvalue weighted by Gasteiger charge is 2.33. The summed E-state index contributed by atoms with van der Waals surface area (Å²) < 4.78 is 48.4. The van der Waals surface area contributed by atoms with Crippen molar-refractivity contribution in [3.63, 3.8) is 0 Å². The summed E-state index contributed by atoms with van der Waals surface area (Å²) in [6, 6.07) is 8.76. The monoisotopic (exact) mass is 360 g/mol. The van der Waals surface area contributed by atoms with Gasteiger partial charge in [0.25, 0.3) is 0 Å². The molecule has 0 aliphatic carbocycles. The molecule has 134 valence electrons. The third-order valence-corrected chi connectivity index (χ3v) is 4.38. The smallest absolute Gasteiger partial charge is 0.404 e. The Morgan fingerprint density at radius 2 is 1.35 bits per heavy atom. The quantitative estimate of drug-likeness (QED) is 0.762. The summed E-state index contributed by atoms with van der Waals surface area (Å²) in [6.45, 7) is 0.524. The summed E-state index contributed by atoms with van der Waals surface area (Å²) in [5.41, 5.74) is 3.00. The number of fused-ring (bicyclic) bond motifs is 2. The second-order valence-electron chi connectivity index (χ2n) is 6.29. The minimum absolute atomic E-state index is 0.00945. The lowest BCUT2D eigenvalue weighted by atomic mass is 9.78. The highest BCUT2D eigenvalue weighted by atomic mass is 19.1. The Morgan fingerprint density at radius 1 is 0.885 bits per heavy atom. The van der Waals surface area contributed by atoms with E-state index in [2.05, 4.69) is 0 Å². The molecule has 0 saturated heterocycles. The van der Waals surface area contributed by atoms with Crippen LogP contribution < -0.4 is 10.9 Å². The zero-order valence-electron chi connectivity index (χ0n) is 13.9. The molecule has 2 aromatic carbocycles. The van der Waals surface area contributed by atoms with E-state index in [1.807, 2.05) is 0 Å². The summed E-state index contributed by atoms with van der Waals surface area (Å²) in [6.07, 6.45) is -0.892. The average molecular weight is 360 g/mol. The number of rotatable bonds is 6. The van der Waals surface area contributed by atoms with Gasteiger partial charge in [0.1, 0.15) is 11.6 Å². The zero-order valence-corrected chi connectivity index (χ0v) is 13.9. The van der Waals surface area contributed by atoms with E-state index in [9.17, 15) is 13.9 Å². The number of hydrogen-bond donors (Lipinski definition) is 1. The van der Waals surface area contributed by atoms with E-state index in [1.165, 1.54) is 24.3 Å². The third kappa shape index (κ3) is 3.67. The van der Waals surface area contributed by atoms with Crippen LogP contribution in [0.3, 0.4) is 0 Å². The highest BCUT2D eigenvalue weighted by Crippen LogP contribution is 2.15. The standard InChI is InChI=1S/C17H16B2F2O5/c20-13-1-3-16-11(5-13)7-23-18(16)25-9-15(22)10-26-19-17-4-2-14(21)6-12(17)8-24-19/h1-6,15,22H,7-10H2. The molecule has 0 spiro atoms. The van der Waals surface area contributed by atoms with Gasteiger partial charge in [0.15, 0.2) is 0 Å². The molecule has 5 nitrogen and oxygen atoms in total. The Balaban J connectivity index is 1.27. The summed E-state index contributed by atoms with van der Waals surface area (Å²) in [5.74, 6) is -0.642. The van der Waals surface area contributed by atoms with Crippen LogP contribution >= 0.6 is 0 Å². The second-order valence-corrected chi connectivity index (χ2v) is 6.29. The molecule has 2 heterocycles. The molecule has 26 heavy (non-hydrogen) atoms. The predicted molar refractivity (Wildman–Crippen MR) is 91.1 cm³/mol. The zero-order chi connectivity index (χ0) is 18.1. The number of aliphatic hydroxyl groups excluding tert-OH is 1. The summed E-state index contributed by atoms with van der Waals surface area (Å²) in [7, 11) is -1.27. The average Bonchev–Trinajstić information content (AvgIpc) is 3.21. The summed E-state index contributed by atoms with van der Waals surface area (Å²) >= 11 is 0. The van der Waals surface area contributed by atoms with Crippen molar-refractivity contribution in [3.05, 3.63) is 59.2 Å². The Morgan fingerprint density at radius 3 is 1.81 bits per heavy atom. The minimum atomic E-state index is -0.892. The predicted octanol–water partition coefficient (Wildman–Crippen LogP) is 0.510. The lowest BCUT2D eigenvalue weighted by Crippen LogP contribution is -2.39. The SMILES string of the molecule is OC(COB1OCc2cc(F)ccc21)COB1OCc2cc(F)ccc21. The number of aliphatic hydroxyl groups is 1. The molecule has 0 atom stereocenters. The van der Waals surface area contributed by atoms with Crippen molar-refractivity contribution in [2.45, 2.75) is 19.3 Å². The molecular formula is C17H16B2F2O5. The molecule has 0 bridgehead atoms. The molecule has 2 aliphatic heterocycles. The van der Waals surface area contributed by atoms with Crippen LogP contribution in [-0.2, 0) is 31.8 Å². The van der Waals surface area contributed by atoms with Crippen molar-refractivity contribution in [2.75, 3.05) is 13.2 Å². The fourth-order valence-electron chi connectivity index (χ4n) is 3.09. The van der Waals surface area contributed by atoms with E-state index in [4.69, 9.17) is 18.6 Å². The van der Waals surface area contributed by atoms with E-state index >= 15 is 0 Å². The highest BCUT2D eigenvalue weighted by molar-refractivity contribution is 6.63. The number of benzene rings is 2. The van der Waals surface area contributed by atoms with Gasteiger partial charge in [-0.05, 0) is 46.3 Å². The van der Waals surface area contributed by atoms with Crippen LogP contribution in [0.1, 0.15) is 11.1 Å². The lowest BCUT2D eigenvalue weighted by molar-refractivity contribution is 0.0443. The van der Waals surface area contributed by atoms with Gasteiger partial charge in [-0.25, -0.2) is 8.78 Å². The number of hydrogen-bond acceptors (Lipinski definition) is 5. The van der Waals surface area contributed by atoms with Crippen molar-refractivity contribution >= 4 is 25.2 Å². The van der Waals surface area contributed by atoms with Gasteiger partial charge >= 0.3 is 14.2 Å². The first-order valence-electron chi connectivity index (χ1n) is 8.31. The lowest BCUT2D eigenvalue weighted by Gasteiger charge is -2.15. The molecule has 0 aromatic heterocycles. The molecule has 9 heteroatoms. The molecule has 4 rings (SSSR count). The van der Waals surface area contributed by atoms with Crippen LogP contribution in [0.5, 0.6) is 0 Å². The largest absolute Gasteiger partial charge is 0.494 e. The summed E-state index contributed by atoms with van der Waals surface area (Å²) in [4.78, 5) is 0. The van der Waals surface area contributed by atoms with Crippen molar-refractivity contribution in [3.8, 4) is 0 Å². The molecule has 0 fully saturated rings. The maximum Gasteiger partial charge on any atom is 0.494 e. The Hall–Kier alpha value is -1.77. The molecule has 1 N–H and O–H groups in total.